The van der Waals surface area contributed by atoms with Crippen LogP contribution in [0, 0.1) is 0 Å². The van der Waals surface area contributed by atoms with Gasteiger partial charge in [-0.05, 0) is 12.1 Å². The Hall–Kier alpha value is -1.47. The van der Waals surface area contributed by atoms with Crippen molar-refractivity contribution in [2.24, 2.45) is 0 Å². The maximum atomic E-state index is 10.3. The molecule has 0 fully saturated rings. The van der Waals surface area contributed by atoms with Gasteiger partial charge in [0.2, 0.25) is 0 Å². The molecule has 0 aliphatic carbocycles. The molecule has 1 aromatic heterocycles. The summed E-state index contributed by atoms with van der Waals surface area (Å²) in [4.78, 5) is 4.13. The molecule has 3 nitrogen and oxygen atoms in total. The summed E-state index contributed by atoms with van der Waals surface area (Å²) in [6, 6.07) is 9.28. The zero-order chi connectivity index (χ0) is 9.10. The quantitative estimate of drug-likeness (QED) is 0.685. The van der Waals surface area contributed by atoms with Gasteiger partial charge in [0, 0.05) is 11.6 Å². The van der Waals surface area contributed by atoms with E-state index < -0.39 is 0 Å². The van der Waals surface area contributed by atoms with Gasteiger partial charge in [-0.3, -0.25) is 4.98 Å². The Kier molecular flexibility index (Phi) is 2.19. The van der Waals surface area contributed by atoms with Gasteiger partial charge in [0.15, 0.2) is 5.75 Å². The first-order valence-electron chi connectivity index (χ1n) is 3.75. The van der Waals surface area contributed by atoms with E-state index in [0.29, 0.717) is 5.75 Å². The Morgan fingerprint density at radius 2 is 2.08 bits per heavy atom. The van der Waals surface area contributed by atoms with Crippen LogP contribution in [-0.2, 0) is 4.57 Å². The van der Waals surface area contributed by atoms with Gasteiger partial charge in [-0.25, -0.2) is 4.57 Å². The van der Waals surface area contributed by atoms with Crippen LogP contribution in [0.5, 0.6) is 5.75 Å². The highest BCUT2D eigenvalue weighted by Gasteiger charge is 2.01. The van der Waals surface area contributed by atoms with Gasteiger partial charge in [0.1, 0.15) is 5.52 Å². The molecule has 13 heavy (non-hydrogen) atoms. The van der Waals surface area contributed by atoms with Gasteiger partial charge < -0.3 is 4.52 Å². The fourth-order valence-corrected chi connectivity index (χ4v) is 1.42. The van der Waals surface area contributed by atoms with E-state index in [-0.39, 0.29) is 8.69 Å². The molecule has 0 radical (unpaired) electrons. The first-order valence-corrected chi connectivity index (χ1v) is 4.48. The summed E-state index contributed by atoms with van der Waals surface area (Å²) in [5.41, 5.74) is 0.730. The molecule has 2 aromatic rings. The molecule has 0 aliphatic rings. The number of para-hydroxylation sites is 1. The van der Waals surface area contributed by atoms with Gasteiger partial charge in [0.25, 0.3) is 0 Å². The highest BCUT2D eigenvalue weighted by molar-refractivity contribution is 7.17. The predicted octanol–water partition coefficient (Wildman–Crippen LogP) is 2.82. The Labute approximate surface area is 76.7 Å². The number of pyridine rings is 1. The van der Waals surface area contributed by atoms with Crippen LogP contribution < -0.4 is 4.52 Å². The molecular weight excluding hydrogens is 185 g/mol. The average Bonchev–Trinajstić information content (AvgIpc) is 2.19. The molecule has 1 heterocycles. The van der Waals surface area contributed by atoms with E-state index in [1.54, 1.807) is 12.3 Å². The van der Waals surface area contributed by atoms with E-state index in [2.05, 4.69) is 4.98 Å². The standard InChI is InChI=1S/C9H6NO2P/c11-13-12-8-5-1-3-7-4-2-6-10-9(7)8/h1-6H. The van der Waals surface area contributed by atoms with Crippen LogP contribution in [0.4, 0.5) is 0 Å². The van der Waals surface area contributed by atoms with Crippen molar-refractivity contribution in [1.82, 2.24) is 4.98 Å². The van der Waals surface area contributed by atoms with Gasteiger partial charge in [-0.2, -0.15) is 0 Å². The summed E-state index contributed by atoms with van der Waals surface area (Å²) in [6.45, 7) is 0. The van der Waals surface area contributed by atoms with Crippen molar-refractivity contribution in [3.63, 3.8) is 0 Å². The van der Waals surface area contributed by atoms with Crippen molar-refractivity contribution in [2.45, 2.75) is 0 Å². The van der Waals surface area contributed by atoms with Gasteiger partial charge >= 0.3 is 8.69 Å². The van der Waals surface area contributed by atoms with Crippen LogP contribution in [0.25, 0.3) is 10.9 Å². The molecule has 0 amide bonds. The molecule has 2 rings (SSSR count). The van der Waals surface area contributed by atoms with Crippen LogP contribution in [0.2, 0.25) is 0 Å². The van der Waals surface area contributed by atoms with E-state index in [1.807, 2.05) is 24.3 Å². The second-order valence-electron chi connectivity index (χ2n) is 2.50. The Morgan fingerprint density at radius 3 is 2.92 bits per heavy atom. The van der Waals surface area contributed by atoms with Crippen LogP contribution in [0.1, 0.15) is 0 Å². The summed E-state index contributed by atoms with van der Waals surface area (Å²) in [6.07, 6.45) is 1.68. The summed E-state index contributed by atoms with van der Waals surface area (Å²) in [5.74, 6) is 0.537. The summed E-state index contributed by atoms with van der Waals surface area (Å²) >= 11 is 0. The normalized spacial score (nSPS) is 10.5. The molecule has 0 saturated carbocycles. The van der Waals surface area contributed by atoms with E-state index in [1.165, 1.54) is 0 Å². The maximum absolute atomic E-state index is 10.3. The lowest BCUT2D eigenvalue weighted by atomic mass is 10.2. The van der Waals surface area contributed by atoms with Gasteiger partial charge in [-0.1, -0.05) is 18.2 Å². The topological polar surface area (TPSA) is 39.2 Å². The smallest absolute Gasteiger partial charge is 0.395 e. The number of rotatable bonds is 2. The minimum atomic E-state index is -0.356. The van der Waals surface area contributed by atoms with Crippen LogP contribution in [-0.4, -0.2) is 4.98 Å². The van der Waals surface area contributed by atoms with Crippen LogP contribution in [0.15, 0.2) is 36.5 Å². The lowest BCUT2D eigenvalue weighted by Crippen LogP contribution is -1.81. The number of hydrogen-bond acceptors (Lipinski definition) is 3. The first-order chi connectivity index (χ1) is 6.42. The third kappa shape index (κ3) is 1.51. The number of aromatic nitrogens is 1. The van der Waals surface area contributed by atoms with Gasteiger partial charge in [0.05, 0.1) is 0 Å². The van der Waals surface area contributed by atoms with Crippen LogP contribution >= 0.6 is 8.69 Å². The first kappa shape index (κ1) is 8.14. The zero-order valence-electron chi connectivity index (χ0n) is 6.68. The molecule has 0 aliphatic heterocycles. The third-order valence-corrected chi connectivity index (χ3v) is 2.00. The highest BCUT2D eigenvalue weighted by atomic mass is 31.1. The van der Waals surface area contributed by atoms with Crippen molar-refractivity contribution in [3.05, 3.63) is 36.5 Å². The molecule has 64 valence electrons. The lowest BCUT2D eigenvalue weighted by Gasteiger charge is -2.00. The number of hydrogen-bond donors (Lipinski definition) is 0. The van der Waals surface area contributed by atoms with Crippen molar-refractivity contribution >= 4 is 19.6 Å². The molecule has 0 bridgehead atoms. The average molecular weight is 191 g/mol. The Balaban J connectivity index is 2.68. The fourth-order valence-electron chi connectivity index (χ4n) is 1.19. The highest BCUT2D eigenvalue weighted by Crippen LogP contribution is 2.24. The zero-order valence-corrected chi connectivity index (χ0v) is 7.57. The third-order valence-electron chi connectivity index (χ3n) is 1.73. The van der Waals surface area contributed by atoms with Crippen molar-refractivity contribution in [2.75, 3.05) is 0 Å². The molecule has 0 unspecified atom stereocenters. The molecule has 0 N–H and O–H groups in total. The molecule has 0 saturated heterocycles. The largest absolute Gasteiger partial charge is 0.405 e. The lowest BCUT2D eigenvalue weighted by molar-refractivity contribution is 0.527. The van der Waals surface area contributed by atoms with Gasteiger partial charge in [-0.15, -0.1) is 0 Å². The Bertz CT molecular complexity index is 439. The number of fused-ring (bicyclic) bond motifs is 1. The molecule has 4 heteroatoms. The summed E-state index contributed by atoms with van der Waals surface area (Å²) < 4.78 is 15.1. The van der Waals surface area contributed by atoms with Crippen molar-refractivity contribution in [3.8, 4) is 5.75 Å². The van der Waals surface area contributed by atoms with Crippen molar-refractivity contribution in [1.29, 1.82) is 0 Å². The van der Waals surface area contributed by atoms with E-state index >= 15 is 0 Å². The molecule has 0 atom stereocenters. The predicted molar refractivity (Wildman–Crippen MR) is 50.0 cm³/mol. The molecular formula is C9H6NO2P. The second-order valence-corrected chi connectivity index (χ2v) is 2.83. The van der Waals surface area contributed by atoms with Crippen LogP contribution in [0.3, 0.4) is 0 Å². The van der Waals surface area contributed by atoms with E-state index in [4.69, 9.17) is 4.52 Å². The maximum Gasteiger partial charge on any atom is 0.395 e. The minimum absolute atomic E-state index is 0.356. The Morgan fingerprint density at radius 1 is 1.23 bits per heavy atom. The number of nitrogens with zero attached hydrogens (tertiary/aromatic N) is 1. The minimum Gasteiger partial charge on any atom is -0.405 e. The second kappa shape index (κ2) is 3.50. The summed E-state index contributed by atoms with van der Waals surface area (Å²) in [7, 11) is -0.356. The van der Waals surface area contributed by atoms with E-state index in [0.717, 1.165) is 10.9 Å². The fraction of sp³-hybridized carbons (Fsp3) is 0. The molecule has 1 aromatic carbocycles. The van der Waals surface area contributed by atoms with E-state index in [9.17, 15) is 4.57 Å². The monoisotopic (exact) mass is 191 g/mol. The SMILES string of the molecule is O=POc1cccc2cccnc12. The molecule has 0 spiro atoms. The number of benzene rings is 1. The summed E-state index contributed by atoms with van der Waals surface area (Å²) in [5, 5.41) is 0.976. The van der Waals surface area contributed by atoms with Crippen molar-refractivity contribution < 1.29 is 9.09 Å².